The van der Waals surface area contributed by atoms with Crippen LogP contribution in [0, 0.1) is 0 Å². The topological polar surface area (TPSA) is 118 Å². The van der Waals surface area contributed by atoms with Gasteiger partial charge in [0.2, 0.25) is 0 Å². The Morgan fingerprint density at radius 2 is 2.00 bits per heavy atom. The van der Waals surface area contributed by atoms with Crippen molar-refractivity contribution in [2.24, 2.45) is 5.11 Å². The van der Waals surface area contributed by atoms with Crippen LogP contribution in [0.3, 0.4) is 0 Å². The van der Waals surface area contributed by atoms with Crippen LogP contribution in [0.1, 0.15) is 21.0 Å². The smallest absolute Gasteiger partial charge is 0.359 e. The third kappa shape index (κ3) is 2.26. The van der Waals surface area contributed by atoms with Crippen molar-refractivity contribution in [2.45, 2.75) is 0 Å². The highest BCUT2D eigenvalue weighted by Crippen LogP contribution is 2.05. The lowest BCUT2D eigenvalue weighted by atomic mass is 10.3. The van der Waals surface area contributed by atoms with Gasteiger partial charge in [0.05, 0.1) is 7.11 Å². The van der Waals surface area contributed by atoms with E-state index in [1.165, 1.54) is 12.4 Å². The van der Waals surface area contributed by atoms with Crippen molar-refractivity contribution in [1.82, 2.24) is 9.97 Å². The Bertz CT molecular complexity index is 452. The number of amides is 1. The van der Waals surface area contributed by atoms with E-state index < -0.39 is 11.9 Å². The minimum atomic E-state index is -0.981. The van der Waals surface area contributed by atoms with Crippen molar-refractivity contribution >= 4 is 11.9 Å². The predicted molar refractivity (Wildman–Crippen MR) is 46.8 cm³/mol. The zero-order chi connectivity index (χ0) is 11.3. The summed E-state index contributed by atoms with van der Waals surface area (Å²) in [6, 6.07) is 0. The van der Waals surface area contributed by atoms with E-state index >= 15 is 0 Å². The second-order valence-electron chi connectivity index (χ2n) is 2.24. The number of azide groups is 1. The molecule has 0 saturated heterocycles. The summed E-state index contributed by atoms with van der Waals surface area (Å²) < 4.78 is 4.38. The number of ether oxygens (including phenoxy) is 1. The fourth-order valence-corrected chi connectivity index (χ4v) is 0.829. The van der Waals surface area contributed by atoms with Gasteiger partial charge in [-0.25, -0.2) is 14.8 Å². The van der Waals surface area contributed by atoms with Crippen molar-refractivity contribution < 1.29 is 14.3 Å². The van der Waals surface area contributed by atoms with Gasteiger partial charge < -0.3 is 4.74 Å². The predicted octanol–water partition coefficient (Wildman–Crippen LogP) is 0.714. The maximum atomic E-state index is 11.2. The molecule has 1 aromatic heterocycles. The summed E-state index contributed by atoms with van der Waals surface area (Å²) in [6.07, 6.45) is 2.42. The molecule has 0 atom stereocenters. The third-order valence-corrected chi connectivity index (χ3v) is 1.42. The van der Waals surface area contributed by atoms with E-state index in [1.807, 2.05) is 0 Å². The molecule has 0 saturated carbocycles. The van der Waals surface area contributed by atoms with Crippen LogP contribution in [-0.2, 0) is 4.74 Å². The first-order chi connectivity index (χ1) is 7.20. The highest BCUT2D eigenvalue weighted by Gasteiger charge is 2.19. The Labute approximate surface area is 83.5 Å². The lowest BCUT2D eigenvalue weighted by Gasteiger charge is -2.00. The number of carbonyl (C=O) groups is 2. The summed E-state index contributed by atoms with van der Waals surface area (Å²) in [6.45, 7) is 0. The summed E-state index contributed by atoms with van der Waals surface area (Å²) in [5.41, 5.74) is 7.45. The summed E-state index contributed by atoms with van der Waals surface area (Å²) in [4.78, 5) is 31.8. The molecule has 0 fully saturated rings. The van der Waals surface area contributed by atoms with Gasteiger partial charge in [0, 0.05) is 17.3 Å². The molecule has 1 amide bonds. The average Bonchev–Trinajstić information content (AvgIpc) is 2.28. The van der Waals surface area contributed by atoms with Crippen molar-refractivity contribution in [3.63, 3.8) is 0 Å². The standard InChI is InChI=1S/C7H5N5O3/c1-15-7(14)5-4(6(13)11-12-8)9-2-3-10-5/h2-3H,1H3. The van der Waals surface area contributed by atoms with Gasteiger partial charge in [0.1, 0.15) is 5.69 Å². The molecule has 8 heteroatoms. The Morgan fingerprint density at radius 3 is 2.53 bits per heavy atom. The molecule has 0 spiro atoms. The minimum absolute atomic E-state index is 0.280. The van der Waals surface area contributed by atoms with Crippen LogP contribution in [0.25, 0.3) is 10.4 Å². The molecule has 8 nitrogen and oxygen atoms in total. The highest BCUT2D eigenvalue weighted by molar-refractivity contribution is 6.02. The molecular formula is C7H5N5O3. The largest absolute Gasteiger partial charge is 0.464 e. The zero-order valence-corrected chi connectivity index (χ0v) is 7.62. The Morgan fingerprint density at radius 1 is 1.40 bits per heavy atom. The summed E-state index contributed by atoms with van der Waals surface area (Å²) in [5, 5.41) is 2.80. The van der Waals surface area contributed by atoms with Gasteiger partial charge in [0.25, 0.3) is 5.91 Å². The van der Waals surface area contributed by atoms with E-state index in [1.54, 1.807) is 0 Å². The van der Waals surface area contributed by atoms with Crippen LogP contribution in [0.2, 0.25) is 0 Å². The molecule has 0 N–H and O–H groups in total. The van der Waals surface area contributed by atoms with Crippen LogP contribution in [-0.4, -0.2) is 29.0 Å². The SMILES string of the molecule is COC(=O)c1nccnc1C(=O)N=[N+]=[N-]. The molecule has 0 bridgehead atoms. The molecule has 0 aliphatic rings. The number of nitrogens with zero attached hydrogens (tertiary/aromatic N) is 5. The van der Waals surface area contributed by atoms with E-state index in [2.05, 4.69) is 24.7 Å². The molecule has 76 valence electrons. The molecule has 0 unspecified atom stereocenters. The average molecular weight is 207 g/mol. The van der Waals surface area contributed by atoms with Crippen LogP contribution in [0.4, 0.5) is 0 Å². The molecule has 0 aliphatic carbocycles. The maximum absolute atomic E-state index is 11.2. The summed E-state index contributed by atoms with van der Waals surface area (Å²) in [5.74, 6) is -1.80. The summed E-state index contributed by atoms with van der Waals surface area (Å²) >= 11 is 0. The Balaban J connectivity index is 3.23. The number of hydrogen-bond acceptors (Lipinski definition) is 5. The molecule has 0 radical (unpaired) electrons. The van der Waals surface area contributed by atoms with Crippen LogP contribution < -0.4 is 0 Å². The van der Waals surface area contributed by atoms with E-state index in [0.717, 1.165) is 7.11 Å². The molecule has 0 aliphatic heterocycles. The van der Waals surface area contributed by atoms with Crippen molar-refractivity contribution in [3.05, 3.63) is 34.2 Å². The fourth-order valence-electron chi connectivity index (χ4n) is 0.829. The molecule has 1 rings (SSSR count). The van der Waals surface area contributed by atoms with Gasteiger partial charge in [-0.05, 0) is 10.6 Å². The first kappa shape index (κ1) is 10.6. The van der Waals surface area contributed by atoms with Crippen LogP contribution >= 0.6 is 0 Å². The first-order valence-electron chi connectivity index (χ1n) is 3.69. The molecule has 1 heterocycles. The van der Waals surface area contributed by atoms with Gasteiger partial charge in [-0.2, -0.15) is 0 Å². The molecular weight excluding hydrogens is 202 g/mol. The lowest BCUT2D eigenvalue weighted by molar-refractivity contribution is 0.0589. The fraction of sp³-hybridized carbons (Fsp3) is 0.143. The summed E-state index contributed by atoms with van der Waals surface area (Å²) in [7, 11) is 1.14. The molecule has 1 aromatic rings. The van der Waals surface area contributed by atoms with E-state index in [-0.39, 0.29) is 11.4 Å². The van der Waals surface area contributed by atoms with E-state index in [4.69, 9.17) is 5.53 Å². The minimum Gasteiger partial charge on any atom is -0.464 e. The second-order valence-corrected chi connectivity index (χ2v) is 2.24. The highest BCUT2D eigenvalue weighted by atomic mass is 16.5. The van der Waals surface area contributed by atoms with Gasteiger partial charge in [-0.3, -0.25) is 4.79 Å². The van der Waals surface area contributed by atoms with Crippen molar-refractivity contribution in [2.75, 3.05) is 7.11 Å². The number of esters is 1. The zero-order valence-electron chi connectivity index (χ0n) is 7.62. The monoisotopic (exact) mass is 207 g/mol. The molecule has 15 heavy (non-hydrogen) atoms. The quantitative estimate of drug-likeness (QED) is 0.306. The number of hydrogen-bond donors (Lipinski definition) is 0. The Kier molecular flexibility index (Phi) is 3.31. The van der Waals surface area contributed by atoms with Gasteiger partial charge in [-0.1, -0.05) is 0 Å². The number of methoxy groups -OCH3 is 1. The van der Waals surface area contributed by atoms with E-state index in [0.29, 0.717) is 0 Å². The molecule has 0 aromatic carbocycles. The first-order valence-corrected chi connectivity index (χ1v) is 3.69. The van der Waals surface area contributed by atoms with Gasteiger partial charge in [-0.15, -0.1) is 0 Å². The second kappa shape index (κ2) is 4.68. The van der Waals surface area contributed by atoms with Crippen molar-refractivity contribution in [3.8, 4) is 0 Å². The Hall–Kier alpha value is -2.47. The van der Waals surface area contributed by atoms with Gasteiger partial charge >= 0.3 is 5.97 Å². The number of carbonyl (C=O) groups excluding carboxylic acids is 2. The van der Waals surface area contributed by atoms with Gasteiger partial charge in [0.15, 0.2) is 5.69 Å². The number of aromatic nitrogens is 2. The maximum Gasteiger partial charge on any atom is 0.359 e. The van der Waals surface area contributed by atoms with Crippen LogP contribution in [0.5, 0.6) is 0 Å². The lowest BCUT2D eigenvalue weighted by Crippen LogP contribution is -2.13. The normalized spacial score (nSPS) is 8.87. The van der Waals surface area contributed by atoms with Crippen molar-refractivity contribution in [1.29, 1.82) is 0 Å². The van der Waals surface area contributed by atoms with E-state index in [9.17, 15) is 9.59 Å². The van der Waals surface area contributed by atoms with Crippen LogP contribution in [0.15, 0.2) is 17.5 Å². The number of rotatable bonds is 2. The third-order valence-electron chi connectivity index (χ3n) is 1.42.